The molecule has 1 aromatic heterocycles. The van der Waals surface area contributed by atoms with Gasteiger partial charge in [0.25, 0.3) is 0 Å². The third kappa shape index (κ3) is 5.02. The van der Waals surface area contributed by atoms with E-state index in [1.165, 1.54) is 21.2 Å². The van der Waals surface area contributed by atoms with Crippen LogP contribution in [0.15, 0.2) is 66.0 Å². The van der Waals surface area contributed by atoms with Crippen molar-refractivity contribution < 1.29 is 28.9 Å². The van der Waals surface area contributed by atoms with Crippen molar-refractivity contribution >= 4 is 22.1 Å². The van der Waals surface area contributed by atoms with Crippen molar-refractivity contribution in [1.82, 2.24) is 0 Å². The summed E-state index contributed by atoms with van der Waals surface area (Å²) in [5, 5.41) is 4.80. The summed E-state index contributed by atoms with van der Waals surface area (Å²) < 4.78 is 30.2. The number of hydrogen-bond donors (Lipinski definition) is 3. The number of benzene rings is 2. The van der Waals surface area contributed by atoms with Crippen LogP contribution in [0, 0.1) is 10.2 Å². The first-order valence-corrected chi connectivity index (χ1v) is 8.16. The van der Waals surface area contributed by atoms with Gasteiger partial charge in [-0.2, -0.15) is 0 Å². The molecule has 0 spiro atoms. The summed E-state index contributed by atoms with van der Waals surface area (Å²) in [5.74, 6) is 0. The maximum atomic E-state index is 8.83. The molecule has 3 N–H and O–H groups in total. The fourth-order valence-electron chi connectivity index (χ4n) is 1.90. The Morgan fingerprint density at radius 2 is 1.38 bits per heavy atom. The van der Waals surface area contributed by atoms with Gasteiger partial charge in [-0.15, -0.1) is 0 Å². The second-order valence-electron chi connectivity index (χ2n) is 4.14. The topological polar surface area (TPSA) is 83.8 Å². The van der Waals surface area contributed by atoms with Gasteiger partial charge < -0.3 is 0 Å². The van der Waals surface area contributed by atoms with Crippen molar-refractivity contribution in [3.05, 3.63) is 66.0 Å². The van der Waals surface area contributed by atoms with Crippen LogP contribution < -0.4 is 4.66 Å². The van der Waals surface area contributed by atoms with E-state index in [1.54, 1.807) is 11.3 Å². The summed E-state index contributed by atoms with van der Waals surface area (Å²) in [4.78, 5) is 1.35. The molecule has 0 aliphatic heterocycles. The van der Waals surface area contributed by atoms with Crippen molar-refractivity contribution in [2.75, 3.05) is 0 Å². The molecule has 0 fully saturated rings. The summed E-state index contributed by atoms with van der Waals surface area (Å²) in [6.45, 7) is 0. The first kappa shape index (κ1) is 15.8. The molecular formula is C15H14ClO4S+. The zero-order valence-corrected chi connectivity index (χ0v) is 12.5. The minimum absolute atomic E-state index is 1.30. The van der Waals surface area contributed by atoms with Crippen molar-refractivity contribution in [1.29, 1.82) is 0 Å². The maximum Gasteiger partial charge on any atom is 0.245 e. The molecule has 0 saturated carbocycles. The van der Waals surface area contributed by atoms with Crippen LogP contribution in [-0.4, -0.2) is 14.0 Å². The van der Waals surface area contributed by atoms with E-state index in [4.69, 9.17) is 18.6 Å². The molecule has 0 aliphatic rings. The Balaban J connectivity index is 0.000000282. The molecule has 0 amide bonds. The number of rotatable bonds is 1. The van der Waals surface area contributed by atoms with Crippen molar-refractivity contribution in [2.24, 2.45) is 0 Å². The fraction of sp³-hybridized carbons (Fsp3) is 0. The van der Waals surface area contributed by atoms with Crippen molar-refractivity contribution in [3.8, 4) is 10.4 Å². The molecule has 0 saturated heterocycles. The van der Waals surface area contributed by atoms with E-state index in [9.17, 15) is 0 Å². The van der Waals surface area contributed by atoms with E-state index < -0.39 is 10.2 Å². The van der Waals surface area contributed by atoms with Gasteiger partial charge in [0, 0.05) is 17.0 Å². The molecule has 4 nitrogen and oxygen atoms in total. The zero-order chi connectivity index (χ0) is 15.3. The fourth-order valence-corrected chi connectivity index (χ4v) is 2.84. The summed E-state index contributed by atoms with van der Waals surface area (Å²) in [6, 6.07) is 21.3. The van der Waals surface area contributed by atoms with E-state index in [0.29, 0.717) is 0 Å². The molecule has 0 radical (unpaired) electrons. The molecule has 21 heavy (non-hydrogen) atoms. The predicted molar refractivity (Wildman–Crippen MR) is 78.3 cm³/mol. The van der Waals surface area contributed by atoms with Crippen LogP contribution in [0.5, 0.6) is 0 Å². The number of fused-ring (bicyclic) bond motifs is 1. The molecule has 0 bridgehead atoms. The summed E-state index contributed by atoms with van der Waals surface area (Å²) in [7, 11) is -4.19. The van der Waals surface area contributed by atoms with E-state index in [2.05, 4.69) is 66.0 Å². The van der Waals surface area contributed by atoms with Gasteiger partial charge >= 0.3 is 28.9 Å². The normalized spacial score (nSPS) is 11.6. The maximum absolute atomic E-state index is 8.83. The average molecular weight is 326 g/mol. The summed E-state index contributed by atoms with van der Waals surface area (Å²) in [5.41, 5.74) is 1.30. The molecule has 0 atom stereocenters. The van der Waals surface area contributed by atoms with Crippen LogP contribution in [0.25, 0.3) is 21.2 Å². The molecule has 0 unspecified atom stereocenters. The smallest absolute Gasteiger partial charge is 0.0622 e. The van der Waals surface area contributed by atoms with E-state index in [0.717, 1.165) is 0 Å². The van der Waals surface area contributed by atoms with Crippen LogP contribution in [-0.2, 0) is 0 Å². The minimum atomic E-state index is -4.19. The van der Waals surface area contributed by atoms with E-state index in [1.807, 2.05) is 0 Å². The first-order valence-electron chi connectivity index (χ1n) is 5.96. The Hall–Kier alpha value is -1.60. The third-order valence-electron chi connectivity index (χ3n) is 2.67. The molecule has 2 aromatic carbocycles. The number of halogens is 1. The first-order chi connectivity index (χ1) is 9.95. The summed E-state index contributed by atoms with van der Waals surface area (Å²) >= 11 is 1.80. The van der Waals surface area contributed by atoms with E-state index in [-0.39, 0.29) is 0 Å². The van der Waals surface area contributed by atoms with E-state index >= 15 is 0 Å². The van der Waals surface area contributed by atoms with Crippen molar-refractivity contribution in [2.45, 2.75) is 0 Å². The second-order valence-corrected chi connectivity index (χ2v) is 5.92. The zero-order valence-electron chi connectivity index (χ0n) is 10.9. The van der Waals surface area contributed by atoms with Gasteiger partial charge in [-0.05, 0) is 23.6 Å². The Kier molecular flexibility index (Phi) is 5.19. The Labute approximate surface area is 127 Å². The minimum Gasteiger partial charge on any atom is -0.0622 e. The molecule has 3 rings (SSSR count). The molecular weight excluding hydrogens is 312 g/mol. The second kappa shape index (κ2) is 6.91. The van der Waals surface area contributed by atoms with Crippen LogP contribution in [0.4, 0.5) is 0 Å². The molecule has 3 aromatic rings. The number of hydrogen-bond acceptors (Lipinski definition) is 4. The molecule has 0 aliphatic carbocycles. The van der Waals surface area contributed by atoms with Crippen LogP contribution in [0.1, 0.15) is 0 Å². The van der Waals surface area contributed by atoms with Gasteiger partial charge in [-0.1, -0.05) is 36.4 Å². The van der Waals surface area contributed by atoms with Crippen molar-refractivity contribution in [3.63, 3.8) is 0 Å². The predicted octanol–water partition coefficient (Wildman–Crippen LogP) is 1.99. The van der Waals surface area contributed by atoms with Gasteiger partial charge in [0.1, 0.15) is 0 Å². The quantitative estimate of drug-likeness (QED) is 0.597. The molecule has 6 heteroatoms. The largest absolute Gasteiger partial charge is 0.245 e. The molecule has 1 heterocycles. The van der Waals surface area contributed by atoms with Gasteiger partial charge in [-0.25, -0.2) is 0 Å². The van der Waals surface area contributed by atoms with Crippen LogP contribution in [0.2, 0.25) is 0 Å². The Morgan fingerprint density at radius 1 is 0.810 bits per heavy atom. The Morgan fingerprint density at radius 3 is 2.05 bits per heavy atom. The van der Waals surface area contributed by atoms with Crippen LogP contribution in [0.3, 0.4) is 0 Å². The third-order valence-corrected chi connectivity index (χ3v) is 3.64. The van der Waals surface area contributed by atoms with Gasteiger partial charge in [0.05, 0.1) is 0 Å². The van der Waals surface area contributed by atoms with Crippen LogP contribution >= 0.6 is 11.3 Å². The SMILES string of the molecule is [O-][Cl+](O)(O)O.c1ccc(-c2[s+]ccc3ccccc23)cc1. The monoisotopic (exact) mass is 325 g/mol. The van der Waals surface area contributed by atoms with Gasteiger partial charge in [0.15, 0.2) is 5.38 Å². The Bertz CT molecular complexity index is 702. The van der Waals surface area contributed by atoms with Gasteiger partial charge in [0.2, 0.25) is 16.2 Å². The van der Waals surface area contributed by atoms with Gasteiger partial charge in [-0.3, -0.25) is 0 Å². The standard InChI is InChI=1S/C15H11S.ClH3O4/c1-2-7-13(8-3-1)15-14-9-5-4-6-12(14)10-11-16-15;2-1(3,4)5/h1-11H;2-4H/q+1;. The summed E-state index contributed by atoms with van der Waals surface area (Å²) in [6.07, 6.45) is 0. The average Bonchev–Trinajstić information content (AvgIpc) is 2.46. The molecule has 110 valence electrons.